The molecule has 19 heavy (non-hydrogen) atoms. The number of aryl methyl sites for hydroxylation is 1. The van der Waals surface area contributed by atoms with Crippen LogP contribution in [0.1, 0.15) is 29.1 Å². The van der Waals surface area contributed by atoms with Gasteiger partial charge in [0.2, 0.25) is 0 Å². The van der Waals surface area contributed by atoms with Gasteiger partial charge in [-0.15, -0.1) is 0 Å². The van der Waals surface area contributed by atoms with E-state index in [9.17, 15) is 9.90 Å². The van der Waals surface area contributed by atoms with Crippen molar-refractivity contribution in [2.45, 2.75) is 13.0 Å². The summed E-state index contributed by atoms with van der Waals surface area (Å²) in [5.41, 5.74) is 2.62. The van der Waals surface area contributed by atoms with Gasteiger partial charge in [0, 0.05) is 19.7 Å². The molecular formula is C14H16N2O3. The third kappa shape index (κ3) is 2.51. The molecule has 0 amide bonds. The number of benzene rings is 1. The zero-order chi connectivity index (χ0) is 14.0. The number of carboxylic acids is 1. The molecule has 0 bridgehead atoms. The Kier molecular flexibility index (Phi) is 3.66. The number of aromatic nitrogens is 2. The Morgan fingerprint density at radius 3 is 2.84 bits per heavy atom. The van der Waals surface area contributed by atoms with Crippen LogP contribution in [0.25, 0.3) is 11.1 Å². The molecule has 1 aromatic carbocycles. The lowest BCUT2D eigenvalue weighted by Gasteiger charge is -2.11. The van der Waals surface area contributed by atoms with Gasteiger partial charge in [-0.1, -0.05) is 18.2 Å². The van der Waals surface area contributed by atoms with Crippen LogP contribution >= 0.6 is 0 Å². The molecule has 5 nitrogen and oxygen atoms in total. The predicted octanol–water partition coefficient (Wildman–Crippen LogP) is 2.49. The molecule has 0 aliphatic rings. The van der Waals surface area contributed by atoms with Gasteiger partial charge in [0.25, 0.3) is 0 Å². The number of rotatable bonds is 4. The Morgan fingerprint density at radius 2 is 2.21 bits per heavy atom. The van der Waals surface area contributed by atoms with Gasteiger partial charge < -0.3 is 9.84 Å². The van der Waals surface area contributed by atoms with E-state index in [1.54, 1.807) is 20.4 Å². The number of nitrogens with zero attached hydrogens (tertiary/aromatic N) is 2. The molecule has 5 heteroatoms. The number of ether oxygens (including phenoxy) is 1. The summed E-state index contributed by atoms with van der Waals surface area (Å²) >= 11 is 0. The molecule has 100 valence electrons. The first-order chi connectivity index (χ1) is 9.04. The van der Waals surface area contributed by atoms with Crippen LogP contribution in [-0.4, -0.2) is 28.0 Å². The molecular weight excluding hydrogens is 244 g/mol. The highest BCUT2D eigenvalue weighted by Crippen LogP contribution is 2.26. The largest absolute Gasteiger partial charge is 0.477 e. The lowest BCUT2D eigenvalue weighted by atomic mass is 10.0. The average molecular weight is 260 g/mol. The molecule has 1 N–H and O–H groups in total. The van der Waals surface area contributed by atoms with Gasteiger partial charge in [0.1, 0.15) is 0 Å². The minimum absolute atomic E-state index is 0.0371. The predicted molar refractivity (Wildman–Crippen MR) is 71.0 cm³/mol. The van der Waals surface area contributed by atoms with Crippen molar-refractivity contribution in [2.75, 3.05) is 7.11 Å². The summed E-state index contributed by atoms with van der Waals surface area (Å²) in [5, 5.41) is 13.2. The van der Waals surface area contributed by atoms with Crippen molar-refractivity contribution >= 4 is 5.97 Å². The smallest absolute Gasteiger partial charge is 0.354 e. The Bertz CT molecular complexity index is 604. The van der Waals surface area contributed by atoms with E-state index in [4.69, 9.17) is 4.74 Å². The fourth-order valence-corrected chi connectivity index (χ4v) is 2.00. The molecule has 1 aromatic heterocycles. The Morgan fingerprint density at radius 1 is 1.47 bits per heavy atom. The van der Waals surface area contributed by atoms with Crippen molar-refractivity contribution in [3.8, 4) is 11.1 Å². The monoisotopic (exact) mass is 260 g/mol. The first-order valence-corrected chi connectivity index (χ1v) is 5.93. The maximum Gasteiger partial charge on any atom is 0.354 e. The molecule has 0 aliphatic heterocycles. The van der Waals surface area contributed by atoms with Crippen LogP contribution in [0.5, 0.6) is 0 Å². The zero-order valence-corrected chi connectivity index (χ0v) is 11.1. The summed E-state index contributed by atoms with van der Waals surface area (Å²) in [4.78, 5) is 11.3. The van der Waals surface area contributed by atoms with E-state index in [1.165, 1.54) is 4.68 Å². The Balaban J connectivity index is 2.51. The SMILES string of the molecule is COC(C)c1cccc(-c2cnn(C)c2C(=O)O)c1. The van der Waals surface area contributed by atoms with E-state index in [0.717, 1.165) is 11.1 Å². The first kappa shape index (κ1) is 13.3. The van der Waals surface area contributed by atoms with Crippen LogP contribution in [-0.2, 0) is 11.8 Å². The summed E-state index contributed by atoms with van der Waals surface area (Å²) in [6.07, 6.45) is 1.53. The maximum absolute atomic E-state index is 11.3. The summed E-state index contributed by atoms with van der Waals surface area (Å²) in [6, 6.07) is 7.64. The lowest BCUT2D eigenvalue weighted by Crippen LogP contribution is -2.06. The van der Waals surface area contributed by atoms with Crippen LogP contribution < -0.4 is 0 Å². The molecule has 0 saturated carbocycles. The van der Waals surface area contributed by atoms with E-state index >= 15 is 0 Å². The number of hydrogen-bond acceptors (Lipinski definition) is 3. The molecule has 2 rings (SSSR count). The van der Waals surface area contributed by atoms with Gasteiger partial charge in [0.15, 0.2) is 5.69 Å². The highest BCUT2D eigenvalue weighted by Gasteiger charge is 2.17. The topological polar surface area (TPSA) is 64.4 Å². The summed E-state index contributed by atoms with van der Waals surface area (Å²) in [7, 11) is 3.26. The van der Waals surface area contributed by atoms with E-state index in [-0.39, 0.29) is 11.8 Å². The highest BCUT2D eigenvalue weighted by molar-refractivity contribution is 5.94. The van der Waals surface area contributed by atoms with Crippen molar-refractivity contribution in [3.05, 3.63) is 41.7 Å². The fraction of sp³-hybridized carbons (Fsp3) is 0.286. The van der Waals surface area contributed by atoms with Crippen molar-refractivity contribution < 1.29 is 14.6 Å². The van der Waals surface area contributed by atoms with Gasteiger partial charge >= 0.3 is 5.97 Å². The second-order valence-electron chi connectivity index (χ2n) is 4.34. The third-order valence-electron chi connectivity index (χ3n) is 3.16. The van der Waals surface area contributed by atoms with Gasteiger partial charge in [-0.2, -0.15) is 5.10 Å². The quantitative estimate of drug-likeness (QED) is 0.917. The molecule has 0 spiro atoms. The number of carboxylic acid groups (broad SMARTS) is 1. The summed E-state index contributed by atoms with van der Waals surface area (Å²) in [6.45, 7) is 1.94. The number of methoxy groups -OCH3 is 1. The van der Waals surface area contributed by atoms with Crippen molar-refractivity contribution in [3.63, 3.8) is 0 Å². The lowest BCUT2D eigenvalue weighted by molar-refractivity contribution is 0.0686. The molecule has 0 aliphatic carbocycles. The number of hydrogen-bond donors (Lipinski definition) is 1. The second-order valence-corrected chi connectivity index (χ2v) is 4.34. The molecule has 0 saturated heterocycles. The summed E-state index contributed by atoms with van der Waals surface area (Å²) < 4.78 is 6.64. The Labute approximate surface area is 111 Å². The van der Waals surface area contributed by atoms with Gasteiger partial charge in [-0.05, 0) is 24.1 Å². The molecule has 1 heterocycles. The molecule has 0 fully saturated rings. The van der Waals surface area contributed by atoms with E-state index in [2.05, 4.69) is 5.10 Å². The first-order valence-electron chi connectivity index (χ1n) is 5.93. The van der Waals surface area contributed by atoms with E-state index in [0.29, 0.717) is 5.56 Å². The maximum atomic E-state index is 11.3. The van der Waals surface area contributed by atoms with Gasteiger partial charge in [0.05, 0.1) is 12.3 Å². The van der Waals surface area contributed by atoms with Crippen LogP contribution in [0.15, 0.2) is 30.5 Å². The summed E-state index contributed by atoms with van der Waals surface area (Å²) in [5.74, 6) is -0.986. The minimum Gasteiger partial charge on any atom is -0.477 e. The number of aromatic carboxylic acids is 1. The molecule has 2 aromatic rings. The van der Waals surface area contributed by atoms with Crippen LogP contribution in [0.2, 0.25) is 0 Å². The van der Waals surface area contributed by atoms with Crippen LogP contribution in [0, 0.1) is 0 Å². The molecule has 1 unspecified atom stereocenters. The molecule has 0 radical (unpaired) electrons. The highest BCUT2D eigenvalue weighted by atomic mass is 16.5. The van der Waals surface area contributed by atoms with Gasteiger partial charge in [-0.25, -0.2) is 4.79 Å². The minimum atomic E-state index is -0.986. The van der Waals surface area contributed by atoms with Crippen LogP contribution in [0.3, 0.4) is 0 Å². The van der Waals surface area contributed by atoms with Gasteiger partial charge in [-0.3, -0.25) is 4.68 Å². The second kappa shape index (κ2) is 5.24. The zero-order valence-electron chi connectivity index (χ0n) is 11.1. The van der Waals surface area contributed by atoms with Crippen molar-refractivity contribution in [1.82, 2.24) is 9.78 Å². The number of carbonyl (C=O) groups is 1. The standard InChI is InChI=1S/C14H16N2O3/c1-9(19-3)10-5-4-6-11(7-10)12-8-15-16(2)13(12)14(17)18/h4-9H,1-3H3,(H,17,18). The van der Waals surface area contributed by atoms with Crippen LogP contribution in [0.4, 0.5) is 0 Å². The van der Waals surface area contributed by atoms with Crippen molar-refractivity contribution in [2.24, 2.45) is 7.05 Å². The van der Waals surface area contributed by atoms with E-state index in [1.807, 2.05) is 31.2 Å². The fourth-order valence-electron chi connectivity index (χ4n) is 2.00. The third-order valence-corrected chi connectivity index (χ3v) is 3.16. The normalized spacial score (nSPS) is 12.4. The van der Waals surface area contributed by atoms with E-state index < -0.39 is 5.97 Å². The van der Waals surface area contributed by atoms with Crippen molar-refractivity contribution in [1.29, 1.82) is 0 Å². The molecule has 1 atom stereocenters. The Hall–Kier alpha value is -2.14. The average Bonchev–Trinajstić information content (AvgIpc) is 2.80.